The summed E-state index contributed by atoms with van der Waals surface area (Å²) >= 11 is 0. The Morgan fingerprint density at radius 3 is 2.54 bits per heavy atom. The van der Waals surface area contributed by atoms with Gasteiger partial charge < -0.3 is 14.6 Å². The van der Waals surface area contributed by atoms with Crippen LogP contribution in [0.3, 0.4) is 0 Å². The summed E-state index contributed by atoms with van der Waals surface area (Å²) in [5, 5.41) is 8.53. The highest BCUT2D eigenvalue weighted by molar-refractivity contribution is 5.80. The molecule has 0 bridgehead atoms. The number of carbonyl (C=O) groups is 1. The minimum absolute atomic E-state index is 0.286. The zero-order valence-electron chi connectivity index (χ0n) is 15.4. The number of carboxylic acids is 1. The lowest BCUT2D eigenvalue weighted by atomic mass is 10.1. The summed E-state index contributed by atoms with van der Waals surface area (Å²) in [6.07, 6.45) is 17.0. The smallest absolute Gasteiger partial charge is 0.328 e. The summed E-state index contributed by atoms with van der Waals surface area (Å²) in [5.41, 5.74) is 2.06. The van der Waals surface area contributed by atoms with Gasteiger partial charge in [0.05, 0.1) is 13.2 Å². The predicted octanol–water partition coefficient (Wildman–Crippen LogP) is 5.17. The SMILES string of the molecule is COc1ccc(C=C/C=C(C)/C=C/C=C/C(=O)O)cc1OC1CCCC1. The van der Waals surface area contributed by atoms with Gasteiger partial charge >= 0.3 is 5.97 Å². The molecule has 4 nitrogen and oxygen atoms in total. The first-order valence-corrected chi connectivity index (χ1v) is 8.86. The van der Waals surface area contributed by atoms with Crippen molar-refractivity contribution < 1.29 is 19.4 Å². The number of ether oxygens (including phenoxy) is 2. The van der Waals surface area contributed by atoms with Crippen LogP contribution in [0.2, 0.25) is 0 Å². The Morgan fingerprint density at radius 2 is 1.85 bits per heavy atom. The normalized spacial score (nSPS) is 16.2. The number of allylic oxidation sites excluding steroid dienone is 6. The molecule has 1 aromatic carbocycles. The predicted molar refractivity (Wildman–Crippen MR) is 105 cm³/mol. The van der Waals surface area contributed by atoms with E-state index in [-0.39, 0.29) is 6.10 Å². The second-order valence-electron chi connectivity index (χ2n) is 6.26. The van der Waals surface area contributed by atoms with Crippen molar-refractivity contribution in [1.82, 2.24) is 0 Å². The summed E-state index contributed by atoms with van der Waals surface area (Å²) in [6, 6.07) is 5.92. The zero-order valence-corrected chi connectivity index (χ0v) is 15.4. The molecule has 1 aromatic rings. The van der Waals surface area contributed by atoms with E-state index >= 15 is 0 Å². The number of carboxylic acid groups (broad SMARTS) is 1. The van der Waals surface area contributed by atoms with E-state index in [1.807, 2.05) is 49.4 Å². The third-order valence-electron chi connectivity index (χ3n) is 4.14. The Balaban J connectivity index is 2.02. The van der Waals surface area contributed by atoms with E-state index in [1.165, 1.54) is 18.9 Å². The largest absolute Gasteiger partial charge is 0.493 e. The van der Waals surface area contributed by atoms with Gasteiger partial charge in [-0.1, -0.05) is 48.1 Å². The van der Waals surface area contributed by atoms with E-state index < -0.39 is 5.97 Å². The van der Waals surface area contributed by atoms with Crippen LogP contribution in [-0.4, -0.2) is 24.3 Å². The fraction of sp³-hybridized carbons (Fsp3) is 0.318. The first-order chi connectivity index (χ1) is 12.6. The van der Waals surface area contributed by atoms with Gasteiger partial charge in [0, 0.05) is 6.08 Å². The standard InChI is InChI=1S/C22H26O4/c1-17(8-3-6-13-22(23)24)9-7-10-18-14-15-20(25-2)21(16-18)26-19-11-4-5-12-19/h3,6-10,13-16,19H,4-5,11-12H2,1-2H3,(H,23,24)/b8-3+,10-7?,13-6+,17-9+. The Hall–Kier alpha value is -2.75. The Bertz CT molecular complexity index is 720. The highest BCUT2D eigenvalue weighted by Gasteiger charge is 2.18. The first-order valence-electron chi connectivity index (χ1n) is 8.86. The molecule has 0 unspecified atom stereocenters. The molecule has 1 N–H and O–H groups in total. The van der Waals surface area contributed by atoms with E-state index in [2.05, 4.69) is 0 Å². The van der Waals surface area contributed by atoms with Crippen molar-refractivity contribution in [3.05, 3.63) is 65.8 Å². The molecule has 0 atom stereocenters. The molecule has 1 fully saturated rings. The fourth-order valence-corrected chi connectivity index (χ4v) is 2.79. The van der Waals surface area contributed by atoms with E-state index in [0.717, 1.165) is 41.6 Å². The molecular weight excluding hydrogens is 328 g/mol. The molecule has 0 heterocycles. The van der Waals surface area contributed by atoms with E-state index in [9.17, 15) is 4.79 Å². The van der Waals surface area contributed by atoms with Gasteiger partial charge in [-0.2, -0.15) is 0 Å². The quantitative estimate of drug-likeness (QED) is 0.517. The summed E-state index contributed by atoms with van der Waals surface area (Å²) in [4.78, 5) is 10.4. The molecular formula is C22H26O4. The van der Waals surface area contributed by atoms with Gasteiger partial charge in [0.1, 0.15) is 0 Å². The molecule has 0 spiro atoms. The number of rotatable bonds is 8. The average molecular weight is 354 g/mol. The monoisotopic (exact) mass is 354 g/mol. The lowest BCUT2D eigenvalue weighted by molar-refractivity contribution is -0.131. The van der Waals surface area contributed by atoms with Gasteiger partial charge in [-0.05, 0) is 50.3 Å². The molecule has 0 saturated heterocycles. The number of hydrogen-bond donors (Lipinski definition) is 1. The van der Waals surface area contributed by atoms with Gasteiger partial charge in [0.2, 0.25) is 0 Å². The second-order valence-corrected chi connectivity index (χ2v) is 6.26. The Labute approximate surface area is 155 Å². The summed E-state index contributed by atoms with van der Waals surface area (Å²) in [5.74, 6) is 0.598. The van der Waals surface area contributed by atoms with Gasteiger partial charge in [0.15, 0.2) is 11.5 Å². The number of hydrogen-bond acceptors (Lipinski definition) is 3. The van der Waals surface area contributed by atoms with Crippen molar-refractivity contribution >= 4 is 12.0 Å². The lowest BCUT2D eigenvalue weighted by Gasteiger charge is -2.16. The van der Waals surface area contributed by atoms with Gasteiger partial charge in [-0.15, -0.1) is 0 Å². The molecule has 1 aliphatic carbocycles. The first kappa shape index (κ1) is 19.6. The van der Waals surface area contributed by atoms with Crippen molar-refractivity contribution in [2.24, 2.45) is 0 Å². The molecule has 1 saturated carbocycles. The summed E-state index contributed by atoms with van der Waals surface area (Å²) < 4.78 is 11.5. The zero-order chi connectivity index (χ0) is 18.8. The molecule has 0 radical (unpaired) electrons. The van der Waals surface area contributed by atoms with Gasteiger partial charge in [0.25, 0.3) is 0 Å². The van der Waals surface area contributed by atoms with Crippen LogP contribution in [-0.2, 0) is 4.79 Å². The van der Waals surface area contributed by atoms with Crippen molar-refractivity contribution in [2.75, 3.05) is 7.11 Å². The topological polar surface area (TPSA) is 55.8 Å². The van der Waals surface area contributed by atoms with Crippen molar-refractivity contribution in [1.29, 1.82) is 0 Å². The fourth-order valence-electron chi connectivity index (χ4n) is 2.79. The number of methoxy groups -OCH3 is 1. The molecule has 2 rings (SSSR count). The van der Waals surface area contributed by atoms with Gasteiger partial charge in [-0.25, -0.2) is 4.79 Å². The Morgan fingerprint density at radius 1 is 1.12 bits per heavy atom. The van der Waals surface area contributed by atoms with Crippen molar-refractivity contribution in [3.8, 4) is 11.5 Å². The van der Waals surface area contributed by atoms with Crippen molar-refractivity contribution in [3.63, 3.8) is 0 Å². The van der Waals surface area contributed by atoms with E-state index in [4.69, 9.17) is 14.6 Å². The van der Waals surface area contributed by atoms with Crippen LogP contribution in [0, 0.1) is 0 Å². The van der Waals surface area contributed by atoms with Crippen LogP contribution in [0.15, 0.2) is 60.2 Å². The Kier molecular flexibility index (Phi) is 7.75. The summed E-state index contributed by atoms with van der Waals surface area (Å²) in [7, 11) is 1.66. The molecule has 1 aliphatic rings. The minimum Gasteiger partial charge on any atom is -0.493 e. The molecule has 0 aliphatic heterocycles. The molecule has 0 amide bonds. The molecule has 0 aromatic heterocycles. The van der Waals surface area contributed by atoms with Crippen LogP contribution >= 0.6 is 0 Å². The lowest BCUT2D eigenvalue weighted by Crippen LogP contribution is -2.11. The van der Waals surface area contributed by atoms with Gasteiger partial charge in [-0.3, -0.25) is 0 Å². The molecule has 4 heteroatoms. The van der Waals surface area contributed by atoms with Crippen molar-refractivity contribution in [2.45, 2.75) is 38.7 Å². The average Bonchev–Trinajstić information content (AvgIpc) is 3.12. The minimum atomic E-state index is -0.952. The third kappa shape index (κ3) is 6.63. The third-order valence-corrected chi connectivity index (χ3v) is 4.14. The van der Waals surface area contributed by atoms with E-state index in [0.29, 0.717) is 0 Å². The van der Waals surface area contributed by atoms with Crippen LogP contribution < -0.4 is 9.47 Å². The molecule has 138 valence electrons. The number of benzene rings is 1. The maximum atomic E-state index is 10.4. The van der Waals surface area contributed by atoms with Crippen LogP contribution in [0.1, 0.15) is 38.2 Å². The molecule has 26 heavy (non-hydrogen) atoms. The van der Waals surface area contributed by atoms with Crippen LogP contribution in [0.4, 0.5) is 0 Å². The van der Waals surface area contributed by atoms with Crippen LogP contribution in [0.5, 0.6) is 11.5 Å². The number of aliphatic carboxylic acids is 1. The maximum absolute atomic E-state index is 10.4. The second kappa shape index (κ2) is 10.3. The van der Waals surface area contributed by atoms with E-state index in [1.54, 1.807) is 13.2 Å². The maximum Gasteiger partial charge on any atom is 0.328 e. The highest BCUT2D eigenvalue weighted by atomic mass is 16.5. The highest BCUT2D eigenvalue weighted by Crippen LogP contribution is 2.32. The summed E-state index contributed by atoms with van der Waals surface area (Å²) in [6.45, 7) is 1.96. The van der Waals surface area contributed by atoms with Crippen LogP contribution in [0.25, 0.3) is 6.08 Å².